The van der Waals surface area contributed by atoms with E-state index >= 15 is 0 Å². The summed E-state index contributed by atoms with van der Waals surface area (Å²) in [6.07, 6.45) is 6.73. The number of nitrogens with one attached hydrogen (secondary N) is 2. The zero-order valence-corrected chi connectivity index (χ0v) is 15.6. The number of aromatic nitrogens is 1. The van der Waals surface area contributed by atoms with Crippen LogP contribution in [-0.4, -0.2) is 16.7 Å². The molecule has 25 heavy (non-hydrogen) atoms. The normalized spacial score (nSPS) is 16.0. The van der Waals surface area contributed by atoms with Crippen LogP contribution in [0.25, 0.3) is 10.6 Å². The summed E-state index contributed by atoms with van der Waals surface area (Å²) in [6, 6.07) is 8.90. The first kappa shape index (κ1) is 17.6. The van der Waals surface area contributed by atoms with Gasteiger partial charge in [-0.15, -0.1) is 11.3 Å². The van der Waals surface area contributed by atoms with E-state index in [4.69, 9.17) is 16.1 Å². The van der Waals surface area contributed by atoms with E-state index in [2.05, 4.69) is 34.8 Å². The summed E-state index contributed by atoms with van der Waals surface area (Å²) in [4.78, 5) is 5.71. The van der Waals surface area contributed by atoms with E-state index in [-0.39, 0.29) is 5.96 Å². The van der Waals surface area contributed by atoms with Gasteiger partial charge in [-0.1, -0.05) is 43.5 Å². The van der Waals surface area contributed by atoms with Gasteiger partial charge in [-0.2, -0.15) is 5.10 Å². The van der Waals surface area contributed by atoms with Crippen LogP contribution in [0.4, 0.5) is 0 Å². The minimum atomic E-state index is -0.167. The van der Waals surface area contributed by atoms with Gasteiger partial charge >= 0.3 is 0 Å². The Morgan fingerprint density at radius 1 is 1.24 bits per heavy atom. The van der Waals surface area contributed by atoms with E-state index in [9.17, 15) is 0 Å². The third kappa shape index (κ3) is 4.25. The lowest BCUT2D eigenvalue weighted by atomic mass is 9.84. The quantitative estimate of drug-likeness (QED) is 0.432. The number of rotatable bonds is 4. The second-order valence-corrected chi connectivity index (χ2v) is 7.61. The third-order valence-corrected chi connectivity index (χ3v) is 6.02. The Morgan fingerprint density at radius 3 is 2.56 bits per heavy atom. The first-order valence-corrected chi connectivity index (χ1v) is 9.58. The Bertz CT molecular complexity index is 770. The van der Waals surface area contributed by atoms with Crippen molar-refractivity contribution >= 4 is 23.0 Å². The van der Waals surface area contributed by atoms with Crippen molar-refractivity contribution in [2.45, 2.75) is 51.9 Å². The van der Waals surface area contributed by atoms with Gasteiger partial charge in [0.2, 0.25) is 5.96 Å². The Kier molecular flexibility index (Phi) is 5.48. The molecule has 3 rings (SSSR count). The number of hydrogen-bond donors (Lipinski definition) is 3. The monoisotopic (exact) mass is 355 g/mol. The molecule has 0 bridgehead atoms. The van der Waals surface area contributed by atoms with E-state index in [1.807, 2.05) is 13.8 Å². The summed E-state index contributed by atoms with van der Waals surface area (Å²) in [6.45, 7) is 3.88. The molecule has 0 saturated heterocycles. The van der Waals surface area contributed by atoms with Gasteiger partial charge in [0.1, 0.15) is 5.01 Å². The van der Waals surface area contributed by atoms with Crippen LogP contribution in [-0.2, 0) is 0 Å². The molecule has 4 N–H and O–H groups in total. The zero-order chi connectivity index (χ0) is 17.8. The standard InChI is InChI=1S/C19H25N5S/c1-12-17(13(2)23-24-19(20)21)25-18(22-12)16-10-8-15(9-11-16)14-6-4-3-5-7-14/h8-11,14H,3-7H2,1-2H3,(H4,20,21,24)/b23-13+. The van der Waals surface area contributed by atoms with E-state index in [1.54, 1.807) is 11.3 Å². The fourth-order valence-corrected chi connectivity index (χ4v) is 4.40. The predicted octanol–water partition coefficient (Wildman–Crippen LogP) is 4.37. The maximum atomic E-state index is 7.20. The van der Waals surface area contributed by atoms with Crippen LogP contribution in [0.2, 0.25) is 0 Å². The molecule has 1 aliphatic rings. The van der Waals surface area contributed by atoms with Gasteiger partial charge in [0, 0.05) is 5.56 Å². The molecule has 0 unspecified atom stereocenters. The first-order chi connectivity index (χ1) is 12.0. The Morgan fingerprint density at radius 2 is 1.92 bits per heavy atom. The molecule has 0 radical (unpaired) electrons. The van der Waals surface area contributed by atoms with Gasteiger partial charge in [0.25, 0.3) is 0 Å². The molecule has 0 aliphatic heterocycles. The maximum Gasteiger partial charge on any atom is 0.206 e. The Balaban J connectivity index is 1.79. The Hall–Kier alpha value is -2.21. The van der Waals surface area contributed by atoms with Gasteiger partial charge < -0.3 is 5.73 Å². The SMILES string of the molecule is C/C(=N\NC(=N)N)c1sc(-c2ccc(C3CCCCC3)cc2)nc1C. The van der Waals surface area contributed by atoms with Crippen molar-refractivity contribution in [1.29, 1.82) is 5.41 Å². The average Bonchev–Trinajstić information content (AvgIpc) is 3.02. The van der Waals surface area contributed by atoms with Crippen LogP contribution in [0.1, 0.15) is 61.1 Å². The zero-order valence-electron chi connectivity index (χ0n) is 14.8. The molecule has 2 aromatic rings. The highest BCUT2D eigenvalue weighted by Gasteiger charge is 2.16. The molecule has 6 heteroatoms. The molecular weight excluding hydrogens is 330 g/mol. The van der Waals surface area contributed by atoms with Crippen molar-refractivity contribution < 1.29 is 0 Å². The molecule has 1 aromatic heterocycles. The second kappa shape index (κ2) is 7.78. The van der Waals surface area contributed by atoms with Gasteiger partial charge in [-0.05, 0) is 38.2 Å². The van der Waals surface area contributed by atoms with Gasteiger partial charge in [-0.25, -0.2) is 10.4 Å². The number of benzene rings is 1. The van der Waals surface area contributed by atoms with E-state index in [0.717, 1.165) is 32.8 Å². The van der Waals surface area contributed by atoms with Crippen molar-refractivity contribution in [3.8, 4) is 10.6 Å². The molecular formula is C19H25N5S. The lowest BCUT2D eigenvalue weighted by Crippen LogP contribution is -2.26. The van der Waals surface area contributed by atoms with E-state index in [1.165, 1.54) is 37.7 Å². The number of hydrazone groups is 1. The summed E-state index contributed by atoms with van der Waals surface area (Å²) in [5.41, 5.74) is 12.1. The van der Waals surface area contributed by atoms with Crippen molar-refractivity contribution in [1.82, 2.24) is 10.4 Å². The molecule has 1 aromatic carbocycles. The summed E-state index contributed by atoms with van der Waals surface area (Å²) in [5, 5.41) is 12.3. The van der Waals surface area contributed by atoms with Crippen LogP contribution in [0.3, 0.4) is 0 Å². The molecule has 1 aliphatic carbocycles. The van der Waals surface area contributed by atoms with Crippen LogP contribution < -0.4 is 11.2 Å². The van der Waals surface area contributed by atoms with Crippen molar-refractivity contribution in [2.75, 3.05) is 0 Å². The van der Waals surface area contributed by atoms with E-state index < -0.39 is 0 Å². The van der Waals surface area contributed by atoms with Gasteiger partial charge in [0.15, 0.2) is 0 Å². The Labute approximate surface area is 152 Å². The number of thiazole rings is 1. The topological polar surface area (TPSA) is 87.2 Å². The highest BCUT2D eigenvalue weighted by atomic mass is 32.1. The molecule has 132 valence electrons. The minimum Gasteiger partial charge on any atom is -0.369 e. The lowest BCUT2D eigenvalue weighted by Gasteiger charge is -2.21. The molecule has 1 heterocycles. The second-order valence-electron chi connectivity index (χ2n) is 6.61. The van der Waals surface area contributed by atoms with E-state index in [0.29, 0.717) is 0 Å². The average molecular weight is 356 g/mol. The van der Waals surface area contributed by atoms with Crippen LogP contribution in [0, 0.1) is 12.3 Å². The number of guanidine groups is 1. The van der Waals surface area contributed by atoms with Crippen LogP contribution in [0.5, 0.6) is 0 Å². The maximum absolute atomic E-state index is 7.20. The summed E-state index contributed by atoms with van der Waals surface area (Å²) in [5.74, 6) is 0.559. The smallest absolute Gasteiger partial charge is 0.206 e. The first-order valence-electron chi connectivity index (χ1n) is 8.77. The number of nitrogens with two attached hydrogens (primary N) is 1. The lowest BCUT2D eigenvalue weighted by molar-refractivity contribution is 0.443. The number of nitrogens with zero attached hydrogens (tertiary/aromatic N) is 2. The molecule has 1 fully saturated rings. The summed E-state index contributed by atoms with van der Waals surface area (Å²) in [7, 11) is 0. The summed E-state index contributed by atoms with van der Waals surface area (Å²) >= 11 is 1.62. The molecule has 0 spiro atoms. The predicted molar refractivity (Wildman–Crippen MR) is 105 cm³/mol. The highest BCUT2D eigenvalue weighted by Crippen LogP contribution is 2.34. The fraction of sp³-hybridized carbons (Fsp3) is 0.421. The molecule has 0 atom stereocenters. The minimum absolute atomic E-state index is 0.167. The number of hydrogen-bond acceptors (Lipinski definition) is 4. The molecule has 5 nitrogen and oxygen atoms in total. The molecule has 0 amide bonds. The highest BCUT2D eigenvalue weighted by molar-refractivity contribution is 7.17. The van der Waals surface area contributed by atoms with Crippen molar-refractivity contribution in [2.24, 2.45) is 10.8 Å². The van der Waals surface area contributed by atoms with Gasteiger partial charge in [-0.3, -0.25) is 5.41 Å². The fourth-order valence-electron chi connectivity index (χ4n) is 3.38. The van der Waals surface area contributed by atoms with Crippen LogP contribution in [0.15, 0.2) is 29.4 Å². The van der Waals surface area contributed by atoms with Crippen LogP contribution >= 0.6 is 11.3 Å². The third-order valence-electron chi connectivity index (χ3n) is 4.70. The van der Waals surface area contributed by atoms with Crippen molar-refractivity contribution in [3.05, 3.63) is 40.4 Å². The van der Waals surface area contributed by atoms with Gasteiger partial charge in [0.05, 0.1) is 16.3 Å². The molecule has 1 saturated carbocycles. The largest absolute Gasteiger partial charge is 0.369 e. The summed E-state index contributed by atoms with van der Waals surface area (Å²) < 4.78 is 0. The number of aryl methyl sites for hydroxylation is 1. The van der Waals surface area contributed by atoms with Crippen molar-refractivity contribution in [3.63, 3.8) is 0 Å².